The van der Waals surface area contributed by atoms with E-state index in [-0.39, 0.29) is 6.04 Å². The zero-order valence-electron chi connectivity index (χ0n) is 21.9. The lowest BCUT2D eigenvalue weighted by Crippen LogP contribution is -2.38. The largest absolute Gasteiger partial charge is 0.571 e. The minimum atomic E-state index is -3.96. The van der Waals surface area contributed by atoms with Crippen LogP contribution in [0.15, 0.2) is 61.2 Å². The third kappa shape index (κ3) is 10.5. The van der Waals surface area contributed by atoms with E-state index in [1.807, 2.05) is 58.2 Å². The molecule has 0 atom stereocenters. The first-order valence-corrected chi connectivity index (χ1v) is 15.9. The Morgan fingerprint density at radius 2 is 1.18 bits per heavy atom. The van der Waals surface area contributed by atoms with Crippen LogP contribution in [-0.2, 0) is 17.5 Å². The van der Waals surface area contributed by atoms with Crippen LogP contribution in [0.5, 0.6) is 0 Å². The Kier molecular flexibility index (Phi) is 11.3. The summed E-state index contributed by atoms with van der Waals surface area (Å²) in [7, 11) is -6.57. The SMILES string of the molecule is Cc1cc(/C=C/c2cc[n+](CCC[Si](O)(O)O)cc2)c(C)cc1/C=C/c1cc[n+](CCCO[Si](O)O)cc1. The molecule has 0 saturated carbocycles. The fraction of sp³-hybridized carbons (Fsp3) is 0.286. The minimum absolute atomic E-state index is 0.0352. The van der Waals surface area contributed by atoms with E-state index in [9.17, 15) is 0 Å². The van der Waals surface area contributed by atoms with Gasteiger partial charge in [0.25, 0.3) is 0 Å². The Hall–Kier alpha value is -2.81. The number of aryl methyl sites for hydroxylation is 4. The molecule has 5 N–H and O–H groups in total. The van der Waals surface area contributed by atoms with Crippen molar-refractivity contribution >= 4 is 42.6 Å². The van der Waals surface area contributed by atoms with Gasteiger partial charge in [-0.3, -0.25) is 0 Å². The van der Waals surface area contributed by atoms with Crippen molar-refractivity contribution in [3.63, 3.8) is 0 Å². The van der Waals surface area contributed by atoms with Gasteiger partial charge in [-0.15, -0.1) is 0 Å². The summed E-state index contributed by atoms with van der Waals surface area (Å²) in [5.74, 6) is 0. The van der Waals surface area contributed by atoms with Gasteiger partial charge in [-0.2, -0.15) is 0 Å². The Labute approximate surface area is 227 Å². The predicted octanol–water partition coefficient (Wildman–Crippen LogP) is 1.90. The average molecular weight is 554 g/mol. The van der Waals surface area contributed by atoms with E-state index in [0.717, 1.165) is 23.2 Å². The number of hydrogen-bond donors (Lipinski definition) is 5. The maximum absolute atomic E-state index is 9.12. The smallest absolute Gasteiger partial charge is 0.390 e. The van der Waals surface area contributed by atoms with Crippen molar-refractivity contribution in [2.75, 3.05) is 6.61 Å². The molecule has 0 aliphatic carbocycles. The first-order chi connectivity index (χ1) is 18.1. The van der Waals surface area contributed by atoms with E-state index in [1.165, 1.54) is 16.7 Å². The molecule has 38 heavy (non-hydrogen) atoms. The molecule has 0 unspecified atom stereocenters. The number of benzene rings is 1. The maximum atomic E-state index is 9.12. The Morgan fingerprint density at radius 1 is 0.737 bits per heavy atom. The highest BCUT2D eigenvalue weighted by molar-refractivity contribution is 6.56. The number of pyridine rings is 2. The summed E-state index contributed by atoms with van der Waals surface area (Å²) in [6, 6.07) is 12.5. The van der Waals surface area contributed by atoms with Gasteiger partial charge in [-0.05, 0) is 47.2 Å². The lowest BCUT2D eigenvalue weighted by atomic mass is 9.98. The molecule has 0 aliphatic rings. The van der Waals surface area contributed by atoms with E-state index in [4.69, 9.17) is 28.4 Å². The van der Waals surface area contributed by atoms with Gasteiger partial charge < -0.3 is 28.4 Å². The zero-order valence-corrected chi connectivity index (χ0v) is 23.9. The summed E-state index contributed by atoms with van der Waals surface area (Å²) in [5.41, 5.74) is 6.87. The van der Waals surface area contributed by atoms with Crippen molar-refractivity contribution in [2.24, 2.45) is 0 Å². The monoisotopic (exact) mass is 553 g/mol. The molecule has 0 saturated heterocycles. The van der Waals surface area contributed by atoms with E-state index in [1.54, 1.807) is 0 Å². The second kappa shape index (κ2) is 14.4. The molecule has 2 heterocycles. The highest BCUT2D eigenvalue weighted by Gasteiger charge is 2.26. The first kappa shape index (κ1) is 29.7. The number of rotatable bonds is 13. The first-order valence-electron chi connectivity index (χ1n) is 12.6. The van der Waals surface area contributed by atoms with Gasteiger partial charge in [0.15, 0.2) is 31.3 Å². The molecule has 0 spiro atoms. The van der Waals surface area contributed by atoms with Gasteiger partial charge in [-0.25, -0.2) is 9.13 Å². The molecule has 201 valence electrons. The Balaban J connectivity index is 1.57. The molecule has 3 rings (SSSR count). The molecular formula is C28H37N2O6Si2+2. The molecular weight excluding hydrogens is 516 g/mol. The molecule has 3 aromatic rings. The Bertz CT molecular complexity index is 1220. The van der Waals surface area contributed by atoms with Gasteiger partial charge in [0.05, 0.1) is 0 Å². The fourth-order valence-electron chi connectivity index (χ4n) is 3.96. The molecule has 1 aromatic carbocycles. The van der Waals surface area contributed by atoms with Gasteiger partial charge >= 0.3 is 18.3 Å². The highest BCUT2D eigenvalue weighted by atomic mass is 28.4. The molecule has 0 aliphatic heterocycles. The van der Waals surface area contributed by atoms with Crippen LogP contribution in [0.2, 0.25) is 6.04 Å². The molecule has 0 bridgehead atoms. The lowest BCUT2D eigenvalue weighted by Gasteiger charge is -2.07. The van der Waals surface area contributed by atoms with Crippen LogP contribution < -0.4 is 9.13 Å². The van der Waals surface area contributed by atoms with E-state index in [0.29, 0.717) is 26.0 Å². The van der Waals surface area contributed by atoms with Crippen molar-refractivity contribution in [3.8, 4) is 0 Å². The quantitative estimate of drug-likeness (QED) is 0.125. The van der Waals surface area contributed by atoms with Crippen LogP contribution in [0.3, 0.4) is 0 Å². The van der Waals surface area contributed by atoms with Crippen molar-refractivity contribution in [1.82, 2.24) is 0 Å². The Morgan fingerprint density at radius 3 is 1.61 bits per heavy atom. The van der Waals surface area contributed by atoms with E-state index < -0.39 is 18.3 Å². The molecule has 0 amide bonds. The van der Waals surface area contributed by atoms with Gasteiger partial charge in [0.2, 0.25) is 0 Å². The van der Waals surface area contributed by atoms with Crippen molar-refractivity contribution in [1.29, 1.82) is 0 Å². The third-order valence-electron chi connectivity index (χ3n) is 6.12. The average Bonchev–Trinajstić information content (AvgIpc) is 2.86. The molecule has 0 fully saturated rings. The second-order valence-corrected chi connectivity index (χ2v) is 12.2. The fourth-order valence-corrected chi connectivity index (χ4v) is 4.92. The number of hydrogen-bond acceptors (Lipinski definition) is 6. The van der Waals surface area contributed by atoms with Crippen LogP contribution in [0, 0.1) is 13.8 Å². The topological polar surface area (TPSA) is 118 Å². The lowest BCUT2D eigenvalue weighted by molar-refractivity contribution is -0.697. The summed E-state index contributed by atoms with van der Waals surface area (Å²) >= 11 is 0. The summed E-state index contributed by atoms with van der Waals surface area (Å²) < 4.78 is 8.83. The normalized spacial score (nSPS) is 12.3. The van der Waals surface area contributed by atoms with Crippen molar-refractivity contribution in [3.05, 3.63) is 94.6 Å². The predicted molar refractivity (Wildman–Crippen MR) is 150 cm³/mol. The van der Waals surface area contributed by atoms with Crippen LogP contribution in [-0.4, -0.2) is 48.9 Å². The molecule has 2 aromatic heterocycles. The van der Waals surface area contributed by atoms with Crippen LogP contribution in [0.25, 0.3) is 24.3 Å². The van der Waals surface area contributed by atoms with E-state index >= 15 is 0 Å². The standard InChI is InChI=1S/C28H37N2O6Si2/c1-23-22-28(8-6-26-11-17-30(18-12-26)14-4-20-38(33,34)35)24(2)21-27(23)7-5-25-9-15-29(16-10-25)13-3-19-36-37(31)32/h5-12,15-18,21-22,31-35H,3-4,13-14,19-20H2,1-2H3/q+2/b7-5+,8-6+. The summed E-state index contributed by atoms with van der Waals surface area (Å²) in [6.45, 7) is 5.91. The van der Waals surface area contributed by atoms with Crippen LogP contribution in [0.1, 0.15) is 46.2 Å². The minimum Gasteiger partial charge on any atom is -0.390 e. The maximum Gasteiger partial charge on any atom is 0.571 e. The van der Waals surface area contributed by atoms with Gasteiger partial charge in [0, 0.05) is 49.8 Å². The zero-order chi connectivity index (χ0) is 27.5. The van der Waals surface area contributed by atoms with E-state index in [2.05, 4.69) is 50.3 Å². The second-order valence-electron chi connectivity index (χ2n) is 9.33. The van der Waals surface area contributed by atoms with Crippen molar-refractivity contribution < 1.29 is 37.5 Å². The summed E-state index contributed by atoms with van der Waals surface area (Å²) in [6.07, 6.45) is 17.5. The summed E-state index contributed by atoms with van der Waals surface area (Å²) in [5, 5.41) is 0. The van der Waals surface area contributed by atoms with Gasteiger partial charge in [0.1, 0.15) is 6.54 Å². The van der Waals surface area contributed by atoms with Crippen LogP contribution in [0.4, 0.5) is 0 Å². The molecule has 1 radical (unpaired) electrons. The highest BCUT2D eigenvalue weighted by Crippen LogP contribution is 2.20. The van der Waals surface area contributed by atoms with Gasteiger partial charge in [-0.1, -0.05) is 36.4 Å². The third-order valence-corrected chi connectivity index (χ3v) is 7.61. The summed E-state index contributed by atoms with van der Waals surface area (Å²) in [4.78, 5) is 45.0. The molecule has 10 heteroatoms. The number of aromatic nitrogens is 2. The molecule has 8 nitrogen and oxygen atoms in total. The van der Waals surface area contributed by atoms with Crippen molar-refractivity contribution in [2.45, 2.75) is 45.8 Å². The number of nitrogens with zero attached hydrogens (tertiary/aromatic N) is 2. The van der Waals surface area contributed by atoms with Crippen LogP contribution >= 0.6 is 0 Å².